The number of carbonyl (C=O) groups excluding carboxylic acids is 1. The van der Waals surface area contributed by atoms with Crippen LogP contribution in [0.25, 0.3) is 0 Å². The van der Waals surface area contributed by atoms with Crippen LogP contribution in [0.5, 0.6) is 17.4 Å². The lowest BCUT2D eigenvalue weighted by molar-refractivity contribution is -0.141. The first-order valence-corrected chi connectivity index (χ1v) is 6.61. The molecule has 0 saturated carbocycles. The van der Waals surface area contributed by atoms with Crippen LogP contribution in [0.3, 0.4) is 0 Å². The number of benzene rings is 1. The van der Waals surface area contributed by atoms with Gasteiger partial charge in [0.05, 0.1) is 12.7 Å². The average molecular weight is 342 g/mol. The third-order valence-corrected chi connectivity index (χ3v) is 2.92. The van der Waals surface area contributed by atoms with Crippen LogP contribution in [-0.4, -0.2) is 23.2 Å². The van der Waals surface area contributed by atoms with Gasteiger partial charge in [0.2, 0.25) is 5.88 Å². The van der Waals surface area contributed by atoms with Crippen LogP contribution < -0.4 is 10.5 Å². The summed E-state index contributed by atoms with van der Waals surface area (Å²) in [5.74, 6) is -1.51. The van der Waals surface area contributed by atoms with Gasteiger partial charge in [-0.3, -0.25) is 0 Å². The summed E-state index contributed by atoms with van der Waals surface area (Å²) in [6, 6.07) is 5.50. The second-order valence-corrected chi connectivity index (χ2v) is 4.71. The Morgan fingerprint density at radius 1 is 1.25 bits per heavy atom. The number of aromatic hydroxyl groups is 1. The first-order chi connectivity index (χ1) is 11.2. The summed E-state index contributed by atoms with van der Waals surface area (Å²) in [5, 5.41) is 9.59. The average Bonchev–Trinajstić information content (AvgIpc) is 2.52. The van der Waals surface area contributed by atoms with Gasteiger partial charge in [0, 0.05) is 18.7 Å². The zero-order valence-corrected chi connectivity index (χ0v) is 12.4. The van der Waals surface area contributed by atoms with Crippen LogP contribution in [0.2, 0.25) is 0 Å². The van der Waals surface area contributed by atoms with Crippen molar-refractivity contribution in [2.45, 2.75) is 12.7 Å². The summed E-state index contributed by atoms with van der Waals surface area (Å²) in [5.41, 5.74) is 4.36. The molecule has 0 atom stereocenters. The topological polar surface area (TPSA) is 94.7 Å². The quantitative estimate of drug-likeness (QED) is 0.830. The highest BCUT2D eigenvalue weighted by Crippen LogP contribution is 2.32. The number of ether oxygens (including phenoxy) is 2. The molecule has 0 radical (unpaired) electrons. The van der Waals surface area contributed by atoms with Crippen molar-refractivity contribution in [3.63, 3.8) is 0 Å². The molecule has 0 bridgehead atoms. The van der Waals surface area contributed by atoms with E-state index >= 15 is 0 Å². The van der Waals surface area contributed by atoms with Crippen LogP contribution in [0, 0.1) is 0 Å². The molecule has 1 aromatic heterocycles. The van der Waals surface area contributed by atoms with E-state index in [-0.39, 0.29) is 35.1 Å². The molecule has 0 fully saturated rings. The predicted octanol–water partition coefficient (Wildman–Crippen LogP) is 2.84. The van der Waals surface area contributed by atoms with Crippen molar-refractivity contribution in [3.8, 4) is 17.4 Å². The highest BCUT2D eigenvalue weighted by atomic mass is 19.4. The van der Waals surface area contributed by atoms with Gasteiger partial charge in [-0.05, 0) is 23.8 Å². The maximum absolute atomic E-state index is 12.8. The van der Waals surface area contributed by atoms with Crippen LogP contribution in [0.4, 0.5) is 13.2 Å². The van der Waals surface area contributed by atoms with Crippen molar-refractivity contribution in [3.05, 3.63) is 47.2 Å². The monoisotopic (exact) mass is 342 g/mol. The summed E-state index contributed by atoms with van der Waals surface area (Å²) in [6.45, 7) is -0.143. The zero-order chi connectivity index (χ0) is 17.9. The lowest BCUT2D eigenvalue weighted by Crippen LogP contribution is -2.10. The van der Waals surface area contributed by atoms with E-state index < -0.39 is 17.8 Å². The number of aromatic nitrogens is 1. The highest BCUT2D eigenvalue weighted by molar-refractivity contribution is 5.90. The molecule has 2 rings (SSSR count). The van der Waals surface area contributed by atoms with Crippen molar-refractivity contribution in [1.82, 2.24) is 4.98 Å². The Balaban J connectivity index is 2.40. The van der Waals surface area contributed by atoms with E-state index in [1.165, 1.54) is 12.1 Å². The zero-order valence-electron chi connectivity index (χ0n) is 12.4. The molecule has 0 amide bonds. The van der Waals surface area contributed by atoms with Gasteiger partial charge in [0.25, 0.3) is 0 Å². The van der Waals surface area contributed by atoms with Gasteiger partial charge in [0.1, 0.15) is 17.2 Å². The standard InChI is InChI=1S/C15H13F3N2O4/c1-23-14(22)9-4-10(21)6-11(5-9)24-13-3-8(7-19)2-12(20-13)15(16,17)18/h2-6,21H,7,19H2,1H3. The second-order valence-electron chi connectivity index (χ2n) is 4.71. The Morgan fingerprint density at radius 2 is 1.96 bits per heavy atom. The minimum atomic E-state index is -4.67. The molecule has 24 heavy (non-hydrogen) atoms. The lowest BCUT2D eigenvalue weighted by Gasteiger charge is -2.12. The summed E-state index contributed by atoms with van der Waals surface area (Å²) in [4.78, 5) is 14.9. The van der Waals surface area contributed by atoms with Gasteiger partial charge in [0.15, 0.2) is 0 Å². The highest BCUT2D eigenvalue weighted by Gasteiger charge is 2.33. The number of esters is 1. The van der Waals surface area contributed by atoms with Crippen LogP contribution in [0.15, 0.2) is 30.3 Å². The van der Waals surface area contributed by atoms with Gasteiger partial charge >= 0.3 is 12.1 Å². The maximum atomic E-state index is 12.8. The summed E-state index contributed by atoms with van der Waals surface area (Å²) in [6.07, 6.45) is -4.67. The first kappa shape index (κ1) is 17.5. The molecule has 0 aliphatic rings. The Hall–Kier alpha value is -2.81. The number of alkyl halides is 3. The number of nitrogens with two attached hydrogens (primary N) is 1. The van der Waals surface area contributed by atoms with Crippen molar-refractivity contribution < 1.29 is 32.5 Å². The molecule has 0 unspecified atom stereocenters. The predicted molar refractivity (Wildman–Crippen MR) is 76.7 cm³/mol. The number of methoxy groups -OCH3 is 1. The van der Waals surface area contributed by atoms with Gasteiger partial charge in [-0.25, -0.2) is 9.78 Å². The van der Waals surface area contributed by atoms with Crippen molar-refractivity contribution >= 4 is 5.97 Å². The molecule has 0 aliphatic heterocycles. The molecule has 0 saturated heterocycles. The van der Waals surface area contributed by atoms with Gasteiger partial charge < -0.3 is 20.3 Å². The Morgan fingerprint density at radius 3 is 2.54 bits per heavy atom. The minimum absolute atomic E-state index is 0.0291. The van der Waals surface area contributed by atoms with Crippen molar-refractivity contribution in [2.24, 2.45) is 5.73 Å². The molecular formula is C15H13F3N2O4. The molecule has 128 valence electrons. The number of nitrogens with zero attached hydrogens (tertiary/aromatic N) is 1. The number of hydrogen-bond donors (Lipinski definition) is 2. The fourth-order valence-corrected chi connectivity index (χ4v) is 1.87. The molecule has 0 aliphatic carbocycles. The van der Waals surface area contributed by atoms with Crippen molar-refractivity contribution in [2.75, 3.05) is 7.11 Å². The largest absolute Gasteiger partial charge is 0.508 e. The number of carbonyl (C=O) groups is 1. The number of halogens is 3. The van der Waals surface area contributed by atoms with E-state index in [1.54, 1.807) is 0 Å². The summed E-state index contributed by atoms with van der Waals surface area (Å²) in [7, 11) is 1.15. The Kier molecular flexibility index (Phi) is 4.93. The van der Waals surface area contributed by atoms with E-state index in [2.05, 4.69) is 9.72 Å². The van der Waals surface area contributed by atoms with Gasteiger partial charge in [-0.1, -0.05) is 0 Å². The Labute approximate surface area is 134 Å². The molecule has 1 heterocycles. The van der Waals surface area contributed by atoms with Crippen LogP contribution in [0.1, 0.15) is 21.6 Å². The number of hydrogen-bond acceptors (Lipinski definition) is 6. The number of phenolic OH excluding ortho intramolecular Hbond substituents is 1. The van der Waals surface area contributed by atoms with Crippen LogP contribution in [-0.2, 0) is 17.5 Å². The number of rotatable bonds is 4. The van der Waals surface area contributed by atoms with E-state index in [1.807, 2.05) is 0 Å². The van der Waals surface area contributed by atoms with Crippen molar-refractivity contribution in [1.29, 1.82) is 0 Å². The minimum Gasteiger partial charge on any atom is -0.508 e. The Bertz CT molecular complexity index is 763. The normalized spacial score (nSPS) is 11.2. The fourth-order valence-electron chi connectivity index (χ4n) is 1.87. The molecule has 9 heteroatoms. The molecule has 2 aromatic rings. The molecule has 3 N–H and O–H groups in total. The van der Waals surface area contributed by atoms with E-state index in [0.717, 1.165) is 25.3 Å². The fraction of sp³-hybridized carbons (Fsp3) is 0.200. The SMILES string of the molecule is COC(=O)c1cc(O)cc(Oc2cc(CN)cc(C(F)(F)F)n2)c1. The lowest BCUT2D eigenvalue weighted by atomic mass is 10.2. The third kappa shape index (κ3) is 4.13. The van der Waals surface area contributed by atoms with E-state index in [4.69, 9.17) is 10.5 Å². The third-order valence-electron chi connectivity index (χ3n) is 2.92. The smallest absolute Gasteiger partial charge is 0.433 e. The second kappa shape index (κ2) is 6.75. The molecule has 1 aromatic carbocycles. The maximum Gasteiger partial charge on any atom is 0.433 e. The molecule has 0 spiro atoms. The van der Waals surface area contributed by atoms with Gasteiger partial charge in [-0.2, -0.15) is 13.2 Å². The first-order valence-electron chi connectivity index (χ1n) is 6.61. The van der Waals surface area contributed by atoms with E-state index in [9.17, 15) is 23.1 Å². The molecular weight excluding hydrogens is 329 g/mol. The molecule has 6 nitrogen and oxygen atoms in total. The van der Waals surface area contributed by atoms with Gasteiger partial charge in [-0.15, -0.1) is 0 Å². The summed E-state index contributed by atoms with van der Waals surface area (Å²) >= 11 is 0. The van der Waals surface area contributed by atoms with Crippen LogP contribution >= 0.6 is 0 Å². The number of phenols is 1. The van der Waals surface area contributed by atoms with E-state index in [0.29, 0.717) is 0 Å². The summed E-state index contributed by atoms with van der Waals surface area (Å²) < 4.78 is 48.3. The number of pyridine rings is 1.